The van der Waals surface area contributed by atoms with Gasteiger partial charge in [0.05, 0.1) is 0 Å². The maximum atomic E-state index is 12.6. The van der Waals surface area contributed by atoms with Crippen LogP contribution in [0.5, 0.6) is 0 Å². The van der Waals surface area contributed by atoms with Crippen LogP contribution >= 0.6 is 0 Å². The summed E-state index contributed by atoms with van der Waals surface area (Å²) in [5, 5.41) is 12.3. The molecule has 1 fully saturated rings. The van der Waals surface area contributed by atoms with Gasteiger partial charge in [-0.15, -0.1) is 0 Å². The second-order valence-electron chi connectivity index (χ2n) is 4.36. The summed E-state index contributed by atoms with van der Waals surface area (Å²) in [6, 6.07) is 2.96. The van der Waals surface area contributed by atoms with E-state index >= 15 is 0 Å². The number of pyridine rings is 1. The number of halogens is 1. The third kappa shape index (κ3) is 3.16. The third-order valence-corrected chi connectivity index (χ3v) is 3.15. The Morgan fingerprint density at radius 3 is 3.00 bits per heavy atom. The van der Waals surface area contributed by atoms with Crippen molar-refractivity contribution in [2.24, 2.45) is 0 Å². The number of carbonyl (C=O) groups is 1. The van der Waals surface area contributed by atoms with Crippen LogP contribution in [0.2, 0.25) is 0 Å². The third-order valence-electron chi connectivity index (χ3n) is 3.15. The number of amides is 1. The Hall–Kier alpha value is -1.69. The van der Waals surface area contributed by atoms with Crippen molar-refractivity contribution in [2.75, 3.05) is 19.6 Å². The molecule has 1 aromatic rings. The van der Waals surface area contributed by atoms with E-state index in [4.69, 9.17) is 0 Å². The zero-order valence-corrected chi connectivity index (χ0v) is 9.97. The minimum atomic E-state index is -0.904. The van der Waals surface area contributed by atoms with Crippen molar-refractivity contribution < 1.29 is 14.3 Å². The summed E-state index contributed by atoms with van der Waals surface area (Å²) < 4.78 is 12.6. The number of rotatable bonds is 4. The Bertz CT molecular complexity index is 404. The monoisotopic (exact) mass is 253 g/mol. The predicted octanol–water partition coefficient (Wildman–Crippen LogP) is 1.11. The lowest BCUT2D eigenvalue weighted by Gasteiger charge is -2.25. The molecule has 1 aromatic heterocycles. The summed E-state index contributed by atoms with van der Waals surface area (Å²) in [4.78, 5) is 16.2. The highest BCUT2D eigenvalue weighted by Crippen LogP contribution is 2.10. The molecular weight excluding hydrogens is 237 g/mol. The number of hydrogen-bond donors (Lipinski definition) is 2. The number of carboxylic acid groups (broad SMARTS) is 1. The molecule has 0 aliphatic carbocycles. The summed E-state index contributed by atoms with van der Waals surface area (Å²) >= 11 is 0. The van der Waals surface area contributed by atoms with Gasteiger partial charge >= 0.3 is 6.09 Å². The molecule has 0 saturated carbocycles. The maximum absolute atomic E-state index is 12.6. The molecule has 0 bridgehead atoms. The summed E-state index contributed by atoms with van der Waals surface area (Å²) in [7, 11) is 0. The number of nitrogens with zero attached hydrogens (tertiary/aromatic N) is 2. The van der Waals surface area contributed by atoms with Crippen LogP contribution in [-0.4, -0.2) is 46.8 Å². The molecule has 98 valence electrons. The van der Waals surface area contributed by atoms with Gasteiger partial charge in [0, 0.05) is 25.3 Å². The molecule has 1 amide bonds. The van der Waals surface area contributed by atoms with Crippen LogP contribution in [0.25, 0.3) is 0 Å². The topological polar surface area (TPSA) is 65.5 Å². The molecule has 5 nitrogen and oxygen atoms in total. The van der Waals surface area contributed by atoms with Gasteiger partial charge in [0.2, 0.25) is 5.95 Å². The Morgan fingerprint density at radius 1 is 1.61 bits per heavy atom. The van der Waals surface area contributed by atoms with Crippen molar-refractivity contribution in [1.82, 2.24) is 15.2 Å². The second-order valence-corrected chi connectivity index (χ2v) is 4.36. The molecule has 0 radical (unpaired) electrons. The number of aromatic nitrogens is 1. The summed E-state index contributed by atoms with van der Waals surface area (Å²) in [5.74, 6) is -0.520. The molecule has 18 heavy (non-hydrogen) atoms. The van der Waals surface area contributed by atoms with Crippen LogP contribution in [0.15, 0.2) is 18.3 Å². The average Bonchev–Trinajstić information content (AvgIpc) is 2.85. The fourth-order valence-electron chi connectivity index (χ4n) is 2.14. The smallest absolute Gasteiger partial charge is 0.407 e. The van der Waals surface area contributed by atoms with Crippen LogP contribution in [0.4, 0.5) is 9.18 Å². The van der Waals surface area contributed by atoms with E-state index in [1.165, 1.54) is 17.2 Å². The van der Waals surface area contributed by atoms with Crippen molar-refractivity contribution in [2.45, 2.75) is 18.9 Å². The molecule has 1 aliphatic rings. The molecule has 2 heterocycles. The van der Waals surface area contributed by atoms with E-state index in [1.54, 1.807) is 6.07 Å². The molecule has 1 saturated heterocycles. The maximum Gasteiger partial charge on any atom is 0.407 e. The van der Waals surface area contributed by atoms with E-state index in [0.717, 1.165) is 18.5 Å². The molecule has 6 heteroatoms. The highest BCUT2D eigenvalue weighted by molar-refractivity contribution is 5.65. The Morgan fingerprint density at radius 2 is 2.44 bits per heavy atom. The number of hydrogen-bond acceptors (Lipinski definition) is 3. The van der Waals surface area contributed by atoms with Gasteiger partial charge < -0.3 is 15.3 Å². The van der Waals surface area contributed by atoms with Gasteiger partial charge in [-0.1, -0.05) is 6.07 Å². The van der Waals surface area contributed by atoms with Gasteiger partial charge in [0.15, 0.2) is 0 Å². The Labute approximate surface area is 105 Å². The first-order valence-corrected chi connectivity index (χ1v) is 5.97. The highest BCUT2D eigenvalue weighted by Gasteiger charge is 2.25. The number of nitrogens with one attached hydrogen (secondary N) is 1. The van der Waals surface area contributed by atoms with Crippen LogP contribution in [0.3, 0.4) is 0 Å². The van der Waals surface area contributed by atoms with Gasteiger partial charge in [-0.25, -0.2) is 9.78 Å². The first kappa shape index (κ1) is 12.8. The van der Waals surface area contributed by atoms with Crippen molar-refractivity contribution in [3.63, 3.8) is 0 Å². The Balaban J connectivity index is 1.93. The first-order chi connectivity index (χ1) is 8.66. The second kappa shape index (κ2) is 5.77. The Kier molecular flexibility index (Phi) is 4.09. The molecule has 0 unspecified atom stereocenters. The molecule has 0 spiro atoms. The SMILES string of the molecule is O=C(O)N(CCc1ccc(F)nc1)[C@H]1CCNC1. The molecular formula is C12H16FN3O2. The van der Waals surface area contributed by atoms with E-state index < -0.39 is 12.0 Å². The van der Waals surface area contributed by atoms with Crippen LogP contribution < -0.4 is 5.32 Å². The molecule has 1 atom stereocenters. The van der Waals surface area contributed by atoms with Gasteiger partial charge in [-0.2, -0.15) is 4.39 Å². The van der Waals surface area contributed by atoms with E-state index in [9.17, 15) is 14.3 Å². The fourth-order valence-corrected chi connectivity index (χ4v) is 2.14. The van der Waals surface area contributed by atoms with Crippen molar-refractivity contribution in [3.8, 4) is 0 Å². The van der Waals surface area contributed by atoms with Crippen LogP contribution in [0.1, 0.15) is 12.0 Å². The van der Waals surface area contributed by atoms with Crippen molar-refractivity contribution in [1.29, 1.82) is 0 Å². The van der Waals surface area contributed by atoms with E-state index in [-0.39, 0.29) is 6.04 Å². The minimum Gasteiger partial charge on any atom is -0.465 e. The van der Waals surface area contributed by atoms with Gasteiger partial charge in [0.1, 0.15) is 0 Å². The van der Waals surface area contributed by atoms with Crippen LogP contribution in [-0.2, 0) is 6.42 Å². The van der Waals surface area contributed by atoms with Gasteiger partial charge in [-0.05, 0) is 31.0 Å². The lowest BCUT2D eigenvalue weighted by molar-refractivity contribution is 0.128. The predicted molar refractivity (Wildman–Crippen MR) is 63.9 cm³/mol. The van der Waals surface area contributed by atoms with Gasteiger partial charge in [-0.3, -0.25) is 0 Å². The zero-order chi connectivity index (χ0) is 13.0. The molecule has 2 N–H and O–H groups in total. The molecule has 2 rings (SSSR count). The lowest BCUT2D eigenvalue weighted by Crippen LogP contribution is -2.41. The van der Waals surface area contributed by atoms with Crippen molar-refractivity contribution >= 4 is 6.09 Å². The summed E-state index contributed by atoms with van der Waals surface area (Å²) in [6.45, 7) is 1.97. The quantitative estimate of drug-likeness (QED) is 0.789. The minimum absolute atomic E-state index is 0.0379. The standard InChI is InChI=1S/C12H16FN3O2/c13-11-2-1-9(7-15-11)4-6-16(12(17)18)10-3-5-14-8-10/h1-2,7,10,14H,3-6,8H2,(H,17,18)/t10-/m0/s1. The first-order valence-electron chi connectivity index (χ1n) is 5.97. The largest absolute Gasteiger partial charge is 0.465 e. The highest BCUT2D eigenvalue weighted by atomic mass is 19.1. The van der Waals surface area contributed by atoms with E-state index in [2.05, 4.69) is 10.3 Å². The summed E-state index contributed by atoms with van der Waals surface area (Å²) in [6.07, 6.45) is 1.94. The van der Waals surface area contributed by atoms with Gasteiger partial charge in [0.25, 0.3) is 0 Å². The zero-order valence-electron chi connectivity index (χ0n) is 9.97. The summed E-state index contributed by atoms with van der Waals surface area (Å²) in [5.41, 5.74) is 0.841. The normalized spacial score (nSPS) is 18.8. The van der Waals surface area contributed by atoms with E-state index in [0.29, 0.717) is 19.5 Å². The fraction of sp³-hybridized carbons (Fsp3) is 0.500. The molecule has 1 aliphatic heterocycles. The average molecular weight is 253 g/mol. The van der Waals surface area contributed by atoms with E-state index in [1.807, 2.05) is 0 Å². The van der Waals surface area contributed by atoms with Crippen molar-refractivity contribution in [3.05, 3.63) is 29.8 Å². The lowest BCUT2D eigenvalue weighted by atomic mass is 10.1. The van der Waals surface area contributed by atoms with Crippen LogP contribution in [0, 0.1) is 5.95 Å². The molecule has 0 aromatic carbocycles.